The molecule has 1 aromatic heterocycles. The lowest BCUT2D eigenvalue weighted by molar-refractivity contribution is 0.120. The zero-order chi connectivity index (χ0) is 12.6. The van der Waals surface area contributed by atoms with Crippen molar-refractivity contribution in [3.8, 4) is 0 Å². The van der Waals surface area contributed by atoms with Crippen LogP contribution >= 0.6 is 0 Å². The van der Waals surface area contributed by atoms with Crippen LogP contribution in [0.15, 0.2) is 12.3 Å². The summed E-state index contributed by atoms with van der Waals surface area (Å²) in [7, 11) is 0. The Morgan fingerprint density at radius 3 is 3.06 bits per heavy atom. The number of aryl methyl sites for hydroxylation is 1. The fourth-order valence-electron chi connectivity index (χ4n) is 3.05. The van der Waals surface area contributed by atoms with Gasteiger partial charge in [0.1, 0.15) is 5.82 Å². The molecule has 1 saturated carbocycles. The normalized spacial score (nSPS) is 29.4. The smallest absolute Gasteiger partial charge is 0.125 e. The second-order valence-electron chi connectivity index (χ2n) is 5.92. The first-order valence-corrected chi connectivity index (χ1v) is 6.92. The molecule has 1 aliphatic carbocycles. The van der Waals surface area contributed by atoms with Gasteiger partial charge in [-0.1, -0.05) is 0 Å². The predicted octanol–water partition coefficient (Wildman–Crippen LogP) is 1.36. The highest BCUT2D eigenvalue weighted by Gasteiger charge is 2.43. The van der Waals surface area contributed by atoms with Crippen molar-refractivity contribution >= 4 is 0 Å². The summed E-state index contributed by atoms with van der Waals surface area (Å²) in [6.45, 7) is 8.63. The zero-order valence-corrected chi connectivity index (χ0v) is 11.3. The van der Waals surface area contributed by atoms with Gasteiger partial charge in [0.15, 0.2) is 0 Å². The van der Waals surface area contributed by atoms with Crippen LogP contribution in [-0.4, -0.2) is 40.0 Å². The highest BCUT2D eigenvalue weighted by atomic mass is 15.2. The third kappa shape index (κ3) is 2.54. The van der Waals surface area contributed by atoms with Crippen molar-refractivity contribution in [2.24, 2.45) is 5.92 Å². The maximum atomic E-state index is 4.50. The van der Waals surface area contributed by atoms with E-state index in [4.69, 9.17) is 0 Å². The van der Waals surface area contributed by atoms with Gasteiger partial charge in [0.05, 0.1) is 5.69 Å². The second kappa shape index (κ2) is 4.59. The maximum Gasteiger partial charge on any atom is 0.125 e. The minimum absolute atomic E-state index is 0.320. The summed E-state index contributed by atoms with van der Waals surface area (Å²) in [5, 5.41) is 3.71. The summed E-state index contributed by atoms with van der Waals surface area (Å²) < 4.78 is 0. The van der Waals surface area contributed by atoms with Gasteiger partial charge in [0, 0.05) is 37.9 Å². The van der Waals surface area contributed by atoms with E-state index in [0.717, 1.165) is 43.6 Å². The van der Waals surface area contributed by atoms with Crippen LogP contribution in [0.4, 0.5) is 0 Å². The van der Waals surface area contributed by atoms with Gasteiger partial charge in [-0.2, -0.15) is 0 Å². The van der Waals surface area contributed by atoms with Crippen molar-refractivity contribution < 1.29 is 0 Å². The van der Waals surface area contributed by atoms with Gasteiger partial charge < -0.3 is 5.32 Å². The number of hydrogen-bond donors (Lipinski definition) is 1. The quantitative estimate of drug-likeness (QED) is 0.874. The van der Waals surface area contributed by atoms with E-state index in [0.29, 0.717) is 5.54 Å². The van der Waals surface area contributed by atoms with Crippen LogP contribution in [0.3, 0.4) is 0 Å². The lowest BCUT2D eigenvalue weighted by atomic mass is 9.93. The predicted molar refractivity (Wildman–Crippen MR) is 71.2 cm³/mol. The van der Waals surface area contributed by atoms with Gasteiger partial charge >= 0.3 is 0 Å². The number of aromatic nitrogens is 2. The fraction of sp³-hybridized carbons (Fsp3) is 0.714. The van der Waals surface area contributed by atoms with Crippen molar-refractivity contribution in [1.29, 1.82) is 0 Å². The highest BCUT2D eigenvalue weighted by molar-refractivity contribution is 5.05. The number of piperazine rings is 1. The zero-order valence-electron chi connectivity index (χ0n) is 11.3. The molecule has 0 radical (unpaired) electrons. The van der Waals surface area contributed by atoms with Crippen molar-refractivity contribution in [1.82, 2.24) is 20.2 Å². The van der Waals surface area contributed by atoms with Gasteiger partial charge in [0.25, 0.3) is 0 Å². The molecule has 1 aromatic rings. The molecule has 98 valence electrons. The molecule has 1 aliphatic heterocycles. The molecule has 0 aromatic carbocycles. The van der Waals surface area contributed by atoms with Gasteiger partial charge in [0.2, 0.25) is 0 Å². The molecular formula is C14H22N4. The Morgan fingerprint density at radius 1 is 1.50 bits per heavy atom. The molecule has 4 nitrogen and oxygen atoms in total. The summed E-state index contributed by atoms with van der Waals surface area (Å²) in [6.07, 6.45) is 4.65. The molecule has 0 amide bonds. The summed E-state index contributed by atoms with van der Waals surface area (Å²) in [4.78, 5) is 11.2. The second-order valence-corrected chi connectivity index (χ2v) is 5.92. The maximum absolute atomic E-state index is 4.50. The highest BCUT2D eigenvalue weighted by Crippen LogP contribution is 2.40. The van der Waals surface area contributed by atoms with Gasteiger partial charge in [-0.05, 0) is 38.7 Å². The minimum atomic E-state index is 0.320. The number of nitrogens with one attached hydrogen (secondary N) is 1. The number of hydrogen-bond acceptors (Lipinski definition) is 4. The van der Waals surface area contributed by atoms with Crippen LogP contribution in [0.25, 0.3) is 0 Å². The van der Waals surface area contributed by atoms with Crippen molar-refractivity contribution in [3.63, 3.8) is 0 Å². The molecule has 2 aliphatic rings. The van der Waals surface area contributed by atoms with Crippen molar-refractivity contribution in [2.45, 2.75) is 38.8 Å². The first-order chi connectivity index (χ1) is 8.66. The van der Waals surface area contributed by atoms with E-state index in [1.165, 1.54) is 12.8 Å². The molecule has 4 heteroatoms. The third-order valence-corrected chi connectivity index (χ3v) is 4.21. The van der Waals surface area contributed by atoms with E-state index in [2.05, 4.69) is 27.1 Å². The summed E-state index contributed by atoms with van der Waals surface area (Å²) in [5.74, 6) is 1.75. The Morgan fingerprint density at radius 2 is 2.33 bits per heavy atom. The van der Waals surface area contributed by atoms with E-state index >= 15 is 0 Å². The first kappa shape index (κ1) is 12.1. The molecule has 0 bridgehead atoms. The monoisotopic (exact) mass is 246 g/mol. The Balaban J connectivity index is 1.66. The van der Waals surface area contributed by atoms with Gasteiger partial charge in [-0.25, -0.2) is 9.97 Å². The lowest BCUT2D eigenvalue weighted by Crippen LogP contribution is -2.59. The average molecular weight is 246 g/mol. The van der Waals surface area contributed by atoms with E-state index < -0.39 is 0 Å². The standard InChI is InChI=1S/C14H22N4/c1-11-15-6-5-13(17-11)9-18-8-7-16-14(2,10-18)12-3-4-12/h5-6,12,16H,3-4,7-10H2,1-2H3. The van der Waals surface area contributed by atoms with E-state index in [1.54, 1.807) is 0 Å². The van der Waals surface area contributed by atoms with Crippen LogP contribution in [-0.2, 0) is 6.54 Å². The number of rotatable bonds is 3. The van der Waals surface area contributed by atoms with Gasteiger partial charge in [-0.15, -0.1) is 0 Å². The Hall–Kier alpha value is -1.00. The average Bonchev–Trinajstić information content (AvgIpc) is 3.13. The van der Waals surface area contributed by atoms with Crippen LogP contribution in [0.1, 0.15) is 31.3 Å². The topological polar surface area (TPSA) is 41.1 Å². The molecule has 1 saturated heterocycles. The largest absolute Gasteiger partial charge is 0.309 e. The van der Waals surface area contributed by atoms with Crippen LogP contribution in [0.2, 0.25) is 0 Å². The lowest BCUT2D eigenvalue weighted by Gasteiger charge is -2.41. The number of nitrogens with zero attached hydrogens (tertiary/aromatic N) is 3. The molecule has 1 unspecified atom stereocenters. The van der Waals surface area contributed by atoms with E-state index in [9.17, 15) is 0 Å². The fourth-order valence-corrected chi connectivity index (χ4v) is 3.05. The molecule has 2 heterocycles. The van der Waals surface area contributed by atoms with Gasteiger partial charge in [-0.3, -0.25) is 4.90 Å². The molecular weight excluding hydrogens is 224 g/mol. The molecule has 18 heavy (non-hydrogen) atoms. The molecule has 3 rings (SSSR count). The Labute approximate surface area is 109 Å². The van der Waals surface area contributed by atoms with Crippen LogP contribution in [0.5, 0.6) is 0 Å². The van der Waals surface area contributed by atoms with Crippen LogP contribution in [0, 0.1) is 12.8 Å². The van der Waals surface area contributed by atoms with E-state index in [-0.39, 0.29) is 0 Å². The van der Waals surface area contributed by atoms with E-state index in [1.807, 2.05) is 19.2 Å². The van der Waals surface area contributed by atoms with Crippen LogP contribution < -0.4 is 5.32 Å². The summed E-state index contributed by atoms with van der Waals surface area (Å²) in [5.41, 5.74) is 1.46. The first-order valence-electron chi connectivity index (χ1n) is 6.92. The minimum Gasteiger partial charge on any atom is -0.309 e. The Bertz CT molecular complexity index is 430. The molecule has 1 atom stereocenters. The molecule has 1 N–H and O–H groups in total. The molecule has 2 fully saturated rings. The Kier molecular flexibility index (Phi) is 3.08. The van der Waals surface area contributed by atoms with Crippen molar-refractivity contribution in [2.75, 3.05) is 19.6 Å². The SMILES string of the molecule is Cc1nccc(CN2CCNC(C)(C3CC3)C2)n1. The van der Waals surface area contributed by atoms with Crippen molar-refractivity contribution in [3.05, 3.63) is 23.8 Å². The summed E-state index contributed by atoms with van der Waals surface area (Å²) in [6, 6.07) is 2.03. The molecule has 0 spiro atoms. The third-order valence-electron chi connectivity index (χ3n) is 4.21. The summed E-state index contributed by atoms with van der Waals surface area (Å²) >= 11 is 0.